The van der Waals surface area contributed by atoms with Crippen molar-refractivity contribution < 1.29 is 14.3 Å². The SMILES string of the molecule is Cc1c(Cl)cnc(NC(=O)COC(=O)c2cc3c(s2)CC[C@@H](C)C3)c1Cl. The first-order chi connectivity index (χ1) is 12.3. The van der Waals surface area contributed by atoms with Gasteiger partial charge in [0.05, 0.1) is 10.0 Å². The van der Waals surface area contributed by atoms with Crippen molar-refractivity contribution in [2.75, 3.05) is 11.9 Å². The zero-order valence-corrected chi connectivity index (χ0v) is 16.7. The number of nitrogens with zero attached hydrogens (tertiary/aromatic N) is 1. The van der Waals surface area contributed by atoms with Gasteiger partial charge in [-0.25, -0.2) is 9.78 Å². The summed E-state index contributed by atoms with van der Waals surface area (Å²) in [5.74, 6) is -0.176. The van der Waals surface area contributed by atoms with Crippen LogP contribution in [0.4, 0.5) is 5.82 Å². The van der Waals surface area contributed by atoms with Crippen LogP contribution in [0.15, 0.2) is 12.3 Å². The fourth-order valence-electron chi connectivity index (χ4n) is 2.82. The summed E-state index contributed by atoms with van der Waals surface area (Å²) in [6.07, 6.45) is 4.52. The number of hydrogen-bond donors (Lipinski definition) is 1. The Morgan fingerprint density at radius 3 is 2.96 bits per heavy atom. The first kappa shape index (κ1) is 19.1. The maximum atomic E-state index is 12.2. The fraction of sp³-hybridized carbons (Fsp3) is 0.389. The average Bonchev–Trinajstić information content (AvgIpc) is 3.03. The van der Waals surface area contributed by atoms with Crippen molar-refractivity contribution in [3.63, 3.8) is 0 Å². The summed E-state index contributed by atoms with van der Waals surface area (Å²) in [5.41, 5.74) is 1.84. The molecule has 2 aromatic heterocycles. The number of hydrogen-bond acceptors (Lipinski definition) is 5. The van der Waals surface area contributed by atoms with Gasteiger partial charge in [0.25, 0.3) is 5.91 Å². The number of carbonyl (C=O) groups excluding carboxylic acids is 2. The molecule has 26 heavy (non-hydrogen) atoms. The Bertz CT molecular complexity index is 866. The molecule has 138 valence electrons. The van der Waals surface area contributed by atoms with Gasteiger partial charge in [0, 0.05) is 11.1 Å². The molecule has 1 N–H and O–H groups in total. The van der Waals surface area contributed by atoms with E-state index in [2.05, 4.69) is 17.2 Å². The zero-order chi connectivity index (χ0) is 18.8. The van der Waals surface area contributed by atoms with Gasteiger partial charge in [-0.05, 0) is 49.3 Å². The van der Waals surface area contributed by atoms with Crippen LogP contribution < -0.4 is 5.32 Å². The third-order valence-corrected chi connectivity index (χ3v) is 6.39. The van der Waals surface area contributed by atoms with Gasteiger partial charge in [-0.2, -0.15) is 0 Å². The number of amides is 1. The maximum absolute atomic E-state index is 12.2. The lowest BCUT2D eigenvalue weighted by atomic mass is 9.90. The van der Waals surface area contributed by atoms with Gasteiger partial charge in [0.15, 0.2) is 12.4 Å². The molecular formula is C18H18Cl2N2O3S. The lowest BCUT2D eigenvalue weighted by molar-refractivity contribution is -0.119. The third-order valence-electron chi connectivity index (χ3n) is 4.32. The summed E-state index contributed by atoms with van der Waals surface area (Å²) in [4.78, 5) is 30.0. The summed E-state index contributed by atoms with van der Waals surface area (Å²) < 4.78 is 5.12. The number of fused-ring (bicyclic) bond motifs is 1. The van der Waals surface area contributed by atoms with Gasteiger partial charge in [-0.1, -0.05) is 30.1 Å². The minimum atomic E-state index is -0.510. The molecule has 3 rings (SSSR count). The van der Waals surface area contributed by atoms with Crippen molar-refractivity contribution in [2.24, 2.45) is 5.92 Å². The molecule has 1 atom stereocenters. The number of aryl methyl sites for hydroxylation is 1. The van der Waals surface area contributed by atoms with E-state index in [1.807, 2.05) is 6.07 Å². The lowest BCUT2D eigenvalue weighted by Gasteiger charge is -2.16. The molecule has 5 nitrogen and oxygen atoms in total. The molecule has 2 heterocycles. The monoisotopic (exact) mass is 412 g/mol. The quantitative estimate of drug-likeness (QED) is 0.740. The minimum Gasteiger partial charge on any atom is -0.451 e. The van der Waals surface area contributed by atoms with Crippen molar-refractivity contribution >= 4 is 52.2 Å². The van der Waals surface area contributed by atoms with E-state index in [4.69, 9.17) is 27.9 Å². The van der Waals surface area contributed by atoms with Gasteiger partial charge in [0.1, 0.15) is 4.88 Å². The second-order valence-electron chi connectivity index (χ2n) is 6.43. The smallest absolute Gasteiger partial charge is 0.348 e. The van der Waals surface area contributed by atoms with E-state index < -0.39 is 18.5 Å². The molecular weight excluding hydrogens is 395 g/mol. The molecule has 0 aliphatic heterocycles. The number of esters is 1. The predicted octanol–water partition coefficient (Wildman–Crippen LogP) is 4.68. The van der Waals surface area contributed by atoms with E-state index in [1.54, 1.807) is 6.92 Å². The Labute approximate surface area is 165 Å². The maximum Gasteiger partial charge on any atom is 0.348 e. The van der Waals surface area contributed by atoms with E-state index in [-0.39, 0.29) is 10.8 Å². The Hall–Kier alpha value is -1.63. The molecule has 8 heteroatoms. The van der Waals surface area contributed by atoms with Gasteiger partial charge in [-0.3, -0.25) is 4.79 Å². The van der Waals surface area contributed by atoms with Crippen LogP contribution in [0, 0.1) is 12.8 Å². The summed E-state index contributed by atoms with van der Waals surface area (Å²) in [7, 11) is 0. The van der Waals surface area contributed by atoms with Crippen molar-refractivity contribution in [3.8, 4) is 0 Å². The number of nitrogens with one attached hydrogen (secondary N) is 1. The van der Waals surface area contributed by atoms with Crippen LogP contribution in [-0.2, 0) is 22.4 Å². The lowest BCUT2D eigenvalue weighted by Crippen LogP contribution is -2.21. The number of rotatable bonds is 4. The highest BCUT2D eigenvalue weighted by Crippen LogP contribution is 2.32. The number of pyridine rings is 1. The van der Waals surface area contributed by atoms with Gasteiger partial charge < -0.3 is 10.1 Å². The number of ether oxygens (including phenoxy) is 1. The van der Waals surface area contributed by atoms with Crippen molar-refractivity contribution in [2.45, 2.75) is 33.1 Å². The molecule has 0 fully saturated rings. The molecule has 2 aromatic rings. The number of aromatic nitrogens is 1. The van der Waals surface area contributed by atoms with Gasteiger partial charge in [0.2, 0.25) is 0 Å². The molecule has 0 unspecified atom stereocenters. The van der Waals surface area contributed by atoms with E-state index in [1.165, 1.54) is 28.0 Å². The van der Waals surface area contributed by atoms with Gasteiger partial charge in [-0.15, -0.1) is 11.3 Å². The molecule has 0 spiro atoms. The predicted molar refractivity (Wildman–Crippen MR) is 103 cm³/mol. The topological polar surface area (TPSA) is 68.3 Å². The van der Waals surface area contributed by atoms with Crippen LogP contribution in [0.2, 0.25) is 10.0 Å². The summed E-state index contributed by atoms with van der Waals surface area (Å²) >= 11 is 13.5. The average molecular weight is 413 g/mol. The number of halogens is 2. The summed E-state index contributed by atoms with van der Waals surface area (Å²) in [5, 5.41) is 3.20. The molecule has 0 saturated heterocycles. The number of thiophene rings is 1. The number of anilines is 1. The van der Waals surface area contributed by atoms with Crippen molar-refractivity contribution in [3.05, 3.63) is 43.2 Å². The standard InChI is InChI=1S/C18H18Cl2N2O3S/c1-9-3-4-13-11(5-9)6-14(26-13)18(24)25-8-15(23)22-17-16(20)10(2)12(19)7-21-17/h6-7,9H,3-5,8H2,1-2H3,(H,21,22,23)/t9-/m1/s1. The van der Waals surface area contributed by atoms with Crippen LogP contribution in [-0.4, -0.2) is 23.5 Å². The van der Waals surface area contributed by atoms with Gasteiger partial charge >= 0.3 is 5.97 Å². The second kappa shape index (κ2) is 7.94. The Morgan fingerprint density at radius 1 is 1.42 bits per heavy atom. The van der Waals surface area contributed by atoms with E-state index in [0.717, 1.165) is 19.3 Å². The Balaban J connectivity index is 1.58. The molecule has 0 radical (unpaired) electrons. The zero-order valence-electron chi connectivity index (χ0n) is 14.4. The minimum absolute atomic E-state index is 0.190. The highest BCUT2D eigenvalue weighted by molar-refractivity contribution is 7.14. The highest BCUT2D eigenvalue weighted by atomic mass is 35.5. The highest BCUT2D eigenvalue weighted by Gasteiger charge is 2.22. The third kappa shape index (κ3) is 4.19. The molecule has 1 aliphatic carbocycles. The Morgan fingerprint density at radius 2 is 2.19 bits per heavy atom. The molecule has 1 aliphatic rings. The van der Waals surface area contributed by atoms with E-state index >= 15 is 0 Å². The van der Waals surface area contributed by atoms with E-state index in [9.17, 15) is 9.59 Å². The van der Waals surface area contributed by atoms with Crippen LogP contribution in [0.1, 0.15) is 39.0 Å². The van der Waals surface area contributed by atoms with E-state index in [0.29, 0.717) is 21.4 Å². The normalized spacial score (nSPS) is 16.1. The largest absolute Gasteiger partial charge is 0.451 e. The van der Waals surface area contributed by atoms with Crippen LogP contribution in [0.3, 0.4) is 0 Å². The molecule has 0 saturated carbocycles. The number of carbonyl (C=O) groups is 2. The van der Waals surface area contributed by atoms with Crippen LogP contribution >= 0.6 is 34.5 Å². The summed E-state index contributed by atoms with van der Waals surface area (Å²) in [6.45, 7) is 3.53. The van der Waals surface area contributed by atoms with Crippen LogP contribution in [0.5, 0.6) is 0 Å². The first-order valence-electron chi connectivity index (χ1n) is 8.24. The molecule has 1 amide bonds. The second-order valence-corrected chi connectivity index (χ2v) is 8.35. The Kier molecular flexibility index (Phi) is 5.85. The van der Waals surface area contributed by atoms with Crippen molar-refractivity contribution in [1.82, 2.24) is 4.98 Å². The molecule has 0 aromatic carbocycles. The van der Waals surface area contributed by atoms with Crippen molar-refractivity contribution in [1.29, 1.82) is 0 Å². The van der Waals surface area contributed by atoms with Crippen LogP contribution in [0.25, 0.3) is 0 Å². The fourth-order valence-corrected chi connectivity index (χ4v) is 4.31. The molecule has 0 bridgehead atoms. The summed E-state index contributed by atoms with van der Waals surface area (Å²) in [6, 6.07) is 1.89. The first-order valence-corrected chi connectivity index (χ1v) is 9.81.